The Morgan fingerprint density at radius 3 is 2.58 bits per heavy atom. The lowest BCUT2D eigenvalue weighted by Gasteiger charge is -2.20. The minimum absolute atomic E-state index is 0.0710. The summed E-state index contributed by atoms with van der Waals surface area (Å²) in [5.41, 5.74) is 6.00. The van der Waals surface area contributed by atoms with Gasteiger partial charge in [0.15, 0.2) is 11.6 Å². The van der Waals surface area contributed by atoms with E-state index >= 15 is 0 Å². The van der Waals surface area contributed by atoms with E-state index in [4.69, 9.17) is 15.2 Å². The molecule has 1 heterocycles. The molecule has 5 nitrogen and oxygen atoms in total. The molecular weight excluding hydrogens is 251 g/mol. The summed E-state index contributed by atoms with van der Waals surface area (Å²) in [5, 5.41) is 0. The minimum Gasteiger partial charge on any atom is -0.494 e. The third kappa shape index (κ3) is 2.49. The van der Waals surface area contributed by atoms with Crippen LogP contribution in [0.1, 0.15) is 6.42 Å². The SMILES string of the molecule is COc1cc(OC)c(N2CC(CN)CC2=O)cc1F. The van der Waals surface area contributed by atoms with Gasteiger partial charge in [-0.05, 0) is 12.5 Å². The summed E-state index contributed by atoms with van der Waals surface area (Å²) in [6.45, 7) is 0.917. The van der Waals surface area contributed by atoms with Crippen LogP contribution < -0.4 is 20.1 Å². The van der Waals surface area contributed by atoms with Gasteiger partial charge in [-0.25, -0.2) is 4.39 Å². The van der Waals surface area contributed by atoms with Gasteiger partial charge in [0, 0.05) is 25.1 Å². The van der Waals surface area contributed by atoms with Gasteiger partial charge in [0.2, 0.25) is 5.91 Å². The molecule has 0 saturated carbocycles. The number of anilines is 1. The largest absolute Gasteiger partial charge is 0.494 e. The van der Waals surface area contributed by atoms with Gasteiger partial charge in [-0.2, -0.15) is 0 Å². The number of hydrogen-bond donors (Lipinski definition) is 1. The zero-order valence-electron chi connectivity index (χ0n) is 11.0. The topological polar surface area (TPSA) is 64.8 Å². The second kappa shape index (κ2) is 5.44. The van der Waals surface area contributed by atoms with Gasteiger partial charge in [0.1, 0.15) is 5.75 Å². The number of methoxy groups -OCH3 is 2. The molecular formula is C13H17FN2O3. The van der Waals surface area contributed by atoms with Crippen LogP contribution in [-0.2, 0) is 4.79 Å². The van der Waals surface area contributed by atoms with Crippen LogP contribution in [0.4, 0.5) is 10.1 Å². The Morgan fingerprint density at radius 1 is 1.37 bits per heavy atom. The second-order valence-corrected chi connectivity index (χ2v) is 4.47. The maximum atomic E-state index is 13.8. The molecule has 1 saturated heterocycles. The number of carbonyl (C=O) groups is 1. The third-order valence-corrected chi connectivity index (χ3v) is 3.28. The number of nitrogens with zero attached hydrogens (tertiary/aromatic N) is 1. The Labute approximate surface area is 111 Å². The summed E-state index contributed by atoms with van der Waals surface area (Å²) in [5.74, 6) is -0.00474. The Hall–Kier alpha value is -1.82. The van der Waals surface area contributed by atoms with Crippen molar-refractivity contribution < 1.29 is 18.7 Å². The van der Waals surface area contributed by atoms with Crippen LogP contribution in [0.3, 0.4) is 0 Å². The normalized spacial score (nSPS) is 18.8. The second-order valence-electron chi connectivity index (χ2n) is 4.47. The number of nitrogens with two attached hydrogens (primary N) is 1. The summed E-state index contributed by atoms with van der Waals surface area (Å²) in [7, 11) is 2.85. The predicted molar refractivity (Wildman–Crippen MR) is 69.0 cm³/mol. The van der Waals surface area contributed by atoms with Crippen LogP contribution in [0, 0.1) is 11.7 Å². The van der Waals surface area contributed by atoms with E-state index in [0.29, 0.717) is 30.9 Å². The Kier molecular flexibility index (Phi) is 3.90. The van der Waals surface area contributed by atoms with Gasteiger partial charge in [0.05, 0.1) is 19.9 Å². The molecule has 1 amide bonds. The fourth-order valence-electron chi connectivity index (χ4n) is 2.23. The van der Waals surface area contributed by atoms with Gasteiger partial charge in [-0.3, -0.25) is 4.79 Å². The van der Waals surface area contributed by atoms with Crippen molar-refractivity contribution >= 4 is 11.6 Å². The molecule has 2 N–H and O–H groups in total. The van der Waals surface area contributed by atoms with Crippen molar-refractivity contribution in [1.29, 1.82) is 0 Å². The number of hydrogen-bond acceptors (Lipinski definition) is 4. The van der Waals surface area contributed by atoms with Crippen molar-refractivity contribution in [2.45, 2.75) is 6.42 Å². The smallest absolute Gasteiger partial charge is 0.227 e. The highest BCUT2D eigenvalue weighted by atomic mass is 19.1. The minimum atomic E-state index is -0.526. The molecule has 1 unspecified atom stereocenters. The molecule has 1 atom stereocenters. The Morgan fingerprint density at radius 2 is 2.05 bits per heavy atom. The van der Waals surface area contributed by atoms with Gasteiger partial charge >= 0.3 is 0 Å². The lowest BCUT2D eigenvalue weighted by Crippen LogP contribution is -2.26. The molecule has 0 radical (unpaired) electrons. The molecule has 1 aromatic carbocycles. The Balaban J connectivity index is 2.39. The maximum Gasteiger partial charge on any atom is 0.227 e. The van der Waals surface area contributed by atoms with Gasteiger partial charge in [-0.1, -0.05) is 0 Å². The first-order valence-electron chi connectivity index (χ1n) is 6.02. The first-order valence-corrected chi connectivity index (χ1v) is 6.02. The zero-order chi connectivity index (χ0) is 14.0. The van der Waals surface area contributed by atoms with Gasteiger partial charge in [-0.15, -0.1) is 0 Å². The number of halogens is 1. The van der Waals surface area contributed by atoms with E-state index < -0.39 is 5.82 Å². The summed E-state index contributed by atoms with van der Waals surface area (Å²) in [4.78, 5) is 13.5. The summed E-state index contributed by atoms with van der Waals surface area (Å²) in [6.07, 6.45) is 0.382. The van der Waals surface area contributed by atoms with Crippen molar-refractivity contribution in [3.05, 3.63) is 17.9 Å². The van der Waals surface area contributed by atoms with Crippen molar-refractivity contribution in [3.8, 4) is 11.5 Å². The van der Waals surface area contributed by atoms with E-state index in [9.17, 15) is 9.18 Å². The molecule has 104 valence electrons. The molecule has 6 heteroatoms. The molecule has 19 heavy (non-hydrogen) atoms. The average molecular weight is 268 g/mol. The fraction of sp³-hybridized carbons (Fsp3) is 0.462. The molecule has 0 bridgehead atoms. The molecule has 1 aliphatic rings. The Bertz CT molecular complexity index is 493. The first-order chi connectivity index (χ1) is 9.10. The van der Waals surface area contributed by atoms with Crippen LogP contribution in [-0.4, -0.2) is 33.2 Å². The number of amides is 1. The molecule has 0 spiro atoms. The lowest BCUT2D eigenvalue weighted by molar-refractivity contribution is -0.117. The highest BCUT2D eigenvalue weighted by Crippen LogP contribution is 2.37. The van der Waals surface area contributed by atoms with Crippen LogP contribution in [0.2, 0.25) is 0 Å². The number of carbonyl (C=O) groups excluding carboxylic acids is 1. The van der Waals surface area contributed by atoms with Crippen molar-refractivity contribution in [2.24, 2.45) is 11.7 Å². The van der Waals surface area contributed by atoms with Crippen LogP contribution in [0.15, 0.2) is 12.1 Å². The summed E-state index contributed by atoms with van der Waals surface area (Å²) >= 11 is 0. The van der Waals surface area contributed by atoms with Crippen molar-refractivity contribution in [1.82, 2.24) is 0 Å². The highest BCUT2D eigenvalue weighted by Gasteiger charge is 2.32. The van der Waals surface area contributed by atoms with Gasteiger partial charge in [0.25, 0.3) is 0 Å². The standard InChI is InChI=1S/C13H17FN2O3/c1-18-11-5-12(19-2)10(4-9(11)14)16-7-8(6-15)3-13(16)17/h4-5,8H,3,6-7,15H2,1-2H3. The number of rotatable bonds is 4. The van der Waals surface area contributed by atoms with Crippen molar-refractivity contribution in [2.75, 3.05) is 32.2 Å². The summed E-state index contributed by atoms with van der Waals surface area (Å²) in [6, 6.07) is 2.70. The third-order valence-electron chi connectivity index (χ3n) is 3.28. The van der Waals surface area contributed by atoms with Crippen LogP contribution >= 0.6 is 0 Å². The highest BCUT2D eigenvalue weighted by molar-refractivity contribution is 5.97. The number of ether oxygens (including phenoxy) is 2. The molecule has 1 aliphatic heterocycles. The predicted octanol–water partition coefficient (Wildman–Crippen LogP) is 1.15. The van der Waals surface area contributed by atoms with E-state index in [-0.39, 0.29) is 17.6 Å². The molecule has 2 rings (SSSR count). The quantitative estimate of drug-likeness (QED) is 0.889. The fourth-order valence-corrected chi connectivity index (χ4v) is 2.23. The number of benzene rings is 1. The van der Waals surface area contributed by atoms with Gasteiger partial charge < -0.3 is 20.1 Å². The van der Waals surface area contributed by atoms with Crippen LogP contribution in [0.25, 0.3) is 0 Å². The van der Waals surface area contributed by atoms with Crippen LogP contribution in [0.5, 0.6) is 11.5 Å². The monoisotopic (exact) mass is 268 g/mol. The lowest BCUT2D eigenvalue weighted by atomic mass is 10.1. The molecule has 1 aromatic rings. The summed E-state index contributed by atoms with van der Waals surface area (Å²) < 4.78 is 23.9. The van der Waals surface area contributed by atoms with E-state index in [1.54, 1.807) is 0 Å². The molecule has 0 aliphatic carbocycles. The van der Waals surface area contributed by atoms with E-state index in [2.05, 4.69) is 0 Å². The molecule has 1 fully saturated rings. The maximum absolute atomic E-state index is 13.8. The van der Waals surface area contributed by atoms with E-state index in [1.807, 2.05) is 0 Å². The molecule has 0 aromatic heterocycles. The zero-order valence-corrected chi connectivity index (χ0v) is 11.0. The van der Waals surface area contributed by atoms with E-state index in [0.717, 1.165) is 0 Å². The van der Waals surface area contributed by atoms with E-state index in [1.165, 1.54) is 31.3 Å². The average Bonchev–Trinajstić information content (AvgIpc) is 2.79. The van der Waals surface area contributed by atoms with Crippen molar-refractivity contribution in [3.63, 3.8) is 0 Å². The first kappa shape index (κ1) is 13.6.